The van der Waals surface area contributed by atoms with E-state index in [1.165, 1.54) is 18.2 Å². The van der Waals surface area contributed by atoms with Gasteiger partial charge in [0.15, 0.2) is 5.82 Å². The van der Waals surface area contributed by atoms with Crippen LogP contribution in [0.5, 0.6) is 0 Å². The molecule has 0 bridgehead atoms. The molecule has 0 aliphatic heterocycles. The molecule has 15 heteroatoms. The van der Waals surface area contributed by atoms with Gasteiger partial charge in [0.05, 0.1) is 16.5 Å². The third kappa shape index (κ3) is 6.36. The number of aromatic amines is 1. The highest BCUT2D eigenvalue weighted by atomic mass is 19.1. The van der Waals surface area contributed by atoms with E-state index in [0.29, 0.717) is 35.9 Å². The Labute approximate surface area is 255 Å². The lowest BCUT2D eigenvalue weighted by Crippen LogP contribution is -2.65. The highest BCUT2D eigenvalue weighted by Gasteiger charge is 2.41. The second kappa shape index (κ2) is 12.7. The first-order chi connectivity index (χ1) is 21.6. The summed E-state index contributed by atoms with van der Waals surface area (Å²) >= 11 is 0. The van der Waals surface area contributed by atoms with Crippen molar-refractivity contribution in [2.75, 3.05) is 11.5 Å². The second-order valence-electron chi connectivity index (χ2n) is 10.3. The van der Waals surface area contributed by atoms with Crippen LogP contribution in [0.15, 0.2) is 60.7 Å². The number of fused-ring (bicyclic) bond motifs is 1. The molecule has 8 N–H and O–H groups in total. The summed E-state index contributed by atoms with van der Waals surface area (Å²) in [5.74, 6) is -3.28. The maximum atomic E-state index is 15.2. The quantitative estimate of drug-likeness (QED) is 0.119. The Bertz CT molecular complexity index is 1880. The molecule has 0 radical (unpaired) electrons. The summed E-state index contributed by atoms with van der Waals surface area (Å²) in [5.41, 5.74) is 11.5. The highest BCUT2D eigenvalue weighted by Crippen LogP contribution is 2.26. The van der Waals surface area contributed by atoms with Gasteiger partial charge < -0.3 is 27.2 Å². The fourth-order valence-corrected chi connectivity index (χ4v) is 5.00. The average molecular weight is 613 g/mol. The molecule has 1 unspecified atom stereocenters. The Morgan fingerprint density at radius 3 is 2.38 bits per heavy atom. The van der Waals surface area contributed by atoms with Crippen LogP contribution in [-0.2, 0) is 17.6 Å². The first-order valence-corrected chi connectivity index (χ1v) is 13.9. The van der Waals surface area contributed by atoms with E-state index < -0.39 is 29.3 Å². The van der Waals surface area contributed by atoms with Gasteiger partial charge >= 0.3 is 5.97 Å². The molecule has 230 valence electrons. The minimum Gasteiger partial charge on any atom is -0.478 e. The van der Waals surface area contributed by atoms with E-state index in [1.54, 1.807) is 49.4 Å². The number of tetrazole rings is 1. The standard InChI is InChI=1S/C30H29FN10O4/c1-2-15-30(28(44)45,37-27(43)20-6-4-3-5-19(20)25-38-40-41-39-25)36-26(42)18-11-8-16(9-12-18)7-10-17-13-14-21-22(23(17)31)24(32)35-29(33)34-21/h3-6,8-9,11-14H,2,7,10,15H2,1H3,(H,36,42)(H,37,43)(H,44,45)(H4,32,33,34,35)(H,38,39,40,41). The number of benzene rings is 3. The maximum Gasteiger partial charge on any atom is 0.350 e. The number of nitrogens with zero attached hydrogens (tertiary/aromatic N) is 5. The lowest BCUT2D eigenvalue weighted by molar-refractivity contribution is -0.146. The Balaban J connectivity index is 1.31. The molecule has 2 aromatic heterocycles. The summed E-state index contributed by atoms with van der Waals surface area (Å²) in [6, 6.07) is 16.1. The first-order valence-electron chi connectivity index (χ1n) is 13.9. The number of nitrogens with two attached hydrogens (primary N) is 2. The number of carbonyl (C=O) groups is 3. The predicted octanol–water partition coefficient (Wildman–Crippen LogP) is 2.64. The van der Waals surface area contributed by atoms with Crippen LogP contribution >= 0.6 is 0 Å². The minimum absolute atomic E-state index is 0.0414. The van der Waals surface area contributed by atoms with E-state index in [1.807, 2.05) is 0 Å². The van der Waals surface area contributed by atoms with Gasteiger partial charge in [-0.25, -0.2) is 19.3 Å². The normalized spacial score (nSPS) is 12.4. The molecule has 3 aromatic carbocycles. The average Bonchev–Trinajstić information content (AvgIpc) is 3.56. The molecular formula is C30H29FN10O4. The third-order valence-corrected chi connectivity index (χ3v) is 7.24. The topological polar surface area (TPSA) is 228 Å². The Morgan fingerprint density at radius 2 is 1.69 bits per heavy atom. The van der Waals surface area contributed by atoms with Crippen molar-refractivity contribution in [3.63, 3.8) is 0 Å². The monoisotopic (exact) mass is 612 g/mol. The van der Waals surface area contributed by atoms with E-state index in [2.05, 4.69) is 41.2 Å². The van der Waals surface area contributed by atoms with Crippen molar-refractivity contribution in [3.05, 3.63) is 88.7 Å². The number of aliphatic carboxylic acids is 1. The summed E-state index contributed by atoms with van der Waals surface area (Å²) in [4.78, 5) is 47.1. The number of nitrogens with one attached hydrogen (secondary N) is 3. The van der Waals surface area contributed by atoms with Crippen molar-refractivity contribution in [2.24, 2.45) is 0 Å². The van der Waals surface area contributed by atoms with Crippen molar-refractivity contribution in [3.8, 4) is 11.4 Å². The van der Waals surface area contributed by atoms with Crippen LogP contribution in [0.25, 0.3) is 22.3 Å². The number of hydrogen-bond acceptors (Lipinski definition) is 10. The van der Waals surface area contributed by atoms with Gasteiger partial charge in [-0.1, -0.05) is 49.7 Å². The van der Waals surface area contributed by atoms with E-state index in [0.717, 1.165) is 5.56 Å². The zero-order valence-electron chi connectivity index (χ0n) is 24.0. The highest BCUT2D eigenvalue weighted by molar-refractivity contribution is 6.04. The molecule has 2 heterocycles. The first kappa shape index (κ1) is 30.5. The van der Waals surface area contributed by atoms with Gasteiger partial charge in [-0.2, -0.15) is 4.98 Å². The third-order valence-electron chi connectivity index (χ3n) is 7.24. The number of H-pyrrole nitrogens is 1. The molecule has 0 saturated carbocycles. The molecule has 45 heavy (non-hydrogen) atoms. The molecule has 0 spiro atoms. The number of rotatable bonds is 11. The number of aryl methyl sites for hydroxylation is 2. The molecule has 1 atom stereocenters. The SMILES string of the molecule is CCCC(NC(=O)c1ccc(CCc2ccc3nc(N)nc(N)c3c2F)cc1)(NC(=O)c1ccccc1-c1nnn[nH]1)C(=O)O. The van der Waals surface area contributed by atoms with Crippen molar-refractivity contribution in [1.29, 1.82) is 0 Å². The molecule has 0 aliphatic rings. The Hall–Kier alpha value is -5.99. The number of halogens is 1. The molecule has 5 aromatic rings. The number of nitrogen functional groups attached to an aromatic ring is 2. The van der Waals surface area contributed by atoms with Crippen molar-refractivity contribution in [1.82, 2.24) is 41.2 Å². The van der Waals surface area contributed by atoms with Gasteiger partial charge in [-0.05, 0) is 58.7 Å². The molecule has 5 rings (SSSR count). The number of amides is 2. The molecule has 0 fully saturated rings. The fourth-order valence-electron chi connectivity index (χ4n) is 5.00. The minimum atomic E-state index is -2.11. The van der Waals surface area contributed by atoms with Crippen LogP contribution in [0, 0.1) is 5.82 Å². The zero-order chi connectivity index (χ0) is 32.1. The number of aromatic nitrogens is 6. The van der Waals surface area contributed by atoms with Crippen molar-refractivity contribution >= 4 is 40.5 Å². The van der Waals surface area contributed by atoms with Crippen LogP contribution in [0.3, 0.4) is 0 Å². The van der Waals surface area contributed by atoms with Crippen LogP contribution in [0.2, 0.25) is 0 Å². The van der Waals surface area contributed by atoms with Gasteiger partial charge in [0, 0.05) is 17.5 Å². The Kier molecular flexibility index (Phi) is 8.60. The van der Waals surface area contributed by atoms with Crippen molar-refractivity contribution < 1.29 is 23.9 Å². The van der Waals surface area contributed by atoms with E-state index >= 15 is 4.39 Å². The number of carbonyl (C=O) groups excluding carboxylic acids is 2. The molecule has 0 saturated heterocycles. The van der Waals surface area contributed by atoms with Crippen molar-refractivity contribution in [2.45, 2.75) is 38.3 Å². The fraction of sp³-hybridized carbons (Fsp3) is 0.200. The maximum absolute atomic E-state index is 15.2. The molecular weight excluding hydrogens is 583 g/mol. The van der Waals surface area contributed by atoms with Crippen LogP contribution < -0.4 is 22.1 Å². The van der Waals surface area contributed by atoms with Crippen LogP contribution in [-0.4, -0.2) is 59.1 Å². The summed E-state index contributed by atoms with van der Waals surface area (Å²) in [6.45, 7) is 1.73. The molecule has 2 amide bonds. The van der Waals surface area contributed by atoms with Gasteiger partial charge in [-0.3, -0.25) is 9.59 Å². The van der Waals surface area contributed by atoms with Gasteiger partial charge in [0.1, 0.15) is 11.6 Å². The van der Waals surface area contributed by atoms with E-state index in [9.17, 15) is 19.5 Å². The smallest absolute Gasteiger partial charge is 0.350 e. The van der Waals surface area contributed by atoms with Crippen LogP contribution in [0.4, 0.5) is 16.2 Å². The number of carboxylic acid groups (broad SMARTS) is 1. The lowest BCUT2D eigenvalue weighted by Gasteiger charge is -2.31. The summed E-state index contributed by atoms with van der Waals surface area (Å²) < 4.78 is 15.2. The number of anilines is 2. The molecule has 14 nitrogen and oxygen atoms in total. The predicted molar refractivity (Wildman–Crippen MR) is 162 cm³/mol. The zero-order valence-corrected chi connectivity index (χ0v) is 24.0. The van der Waals surface area contributed by atoms with Gasteiger partial charge in [0.25, 0.3) is 11.8 Å². The second-order valence-corrected chi connectivity index (χ2v) is 10.3. The summed E-state index contributed by atoms with van der Waals surface area (Å²) in [6.07, 6.45) is 0.998. The number of carboxylic acids is 1. The number of hydrogen-bond donors (Lipinski definition) is 6. The van der Waals surface area contributed by atoms with Gasteiger partial charge in [-0.15, -0.1) is 5.10 Å². The van der Waals surface area contributed by atoms with Gasteiger partial charge in [0.2, 0.25) is 11.6 Å². The summed E-state index contributed by atoms with van der Waals surface area (Å²) in [7, 11) is 0. The Morgan fingerprint density at radius 1 is 0.956 bits per heavy atom. The van der Waals surface area contributed by atoms with Crippen LogP contribution in [0.1, 0.15) is 51.6 Å². The lowest BCUT2D eigenvalue weighted by atomic mass is 9.99. The summed E-state index contributed by atoms with van der Waals surface area (Å²) in [5, 5.41) is 28.8. The van der Waals surface area contributed by atoms with E-state index in [-0.39, 0.29) is 40.5 Å². The largest absolute Gasteiger partial charge is 0.478 e. The van der Waals surface area contributed by atoms with E-state index in [4.69, 9.17) is 11.5 Å². The molecule has 0 aliphatic carbocycles.